The van der Waals surface area contributed by atoms with Crippen molar-refractivity contribution in [2.75, 3.05) is 11.8 Å². The van der Waals surface area contributed by atoms with E-state index >= 15 is 0 Å². The van der Waals surface area contributed by atoms with Crippen molar-refractivity contribution in [3.63, 3.8) is 0 Å². The summed E-state index contributed by atoms with van der Waals surface area (Å²) in [4.78, 5) is 12.8. The minimum Gasteiger partial charge on any atom is -0.497 e. The molecule has 31 heavy (non-hydrogen) atoms. The summed E-state index contributed by atoms with van der Waals surface area (Å²) in [5, 5.41) is 3.00. The quantitative estimate of drug-likeness (QED) is 0.564. The largest absolute Gasteiger partial charge is 0.497 e. The van der Waals surface area contributed by atoms with Crippen LogP contribution < -0.4 is 14.8 Å². The molecule has 0 fully saturated rings. The summed E-state index contributed by atoms with van der Waals surface area (Å²) >= 11 is 0. The maximum absolute atomic E-state index is 12.7. The third kappa shape index (κ3) is 5.24. The van der Waals surface area contributed by atoms with E-state index in [4.69, 9.17) is 4.74 Å². The van der Waals surface area contributed by atoms with Crippen molar-refractivity contribution in [2.24, 2.45) is 0 Å². The molecule has 3 aromatic rings. The van der Waals surface area contributed by atoms with Crippen LogP contribution in [0.5, 0.6) is 5.75 Å². The van der Waals surface area contributed by atoms with Crippen LogP contribution in [0.4, 0.5) is 5.69 Å². The molecule has 7 heteroatoms. The number of hydrogen-bond donors (Lipinski definition) is 2. The van der Waals surface area contributed by atoms with Gasteiger partial charge in [0, 0.05) is 5.56 Å². The highest BCUT2D eigenvalue weighted by Gasteiger charge is 2.17. The first-order chi connectivity index (χ1) is 14.7. The van der Waals surface area contributed by atoms with Crippen molar-refractivity contribution in [3.05, 3.63) is 89.0 Å². The van der Waals surface area contributed by atoms with Crippen molar-refractivity contribution < 1.29 is 17.9 Å². The molecule has 0 radical (unpaired) electrons. The lowest BCUT2D eigenvalue weighted by atomic mass is 10.0. The van der Waals surface area contributed by atoms with Gasteiger partial charge in [-0.25, -0.2) is 8.42 Å². The first-order valence-electron chi connectivity index (χ1n) is 9.85. The molecule has 0 saturated carbocycles. The third-order valence-electron chi connectivity index (χ3n) is 5.11. The van der Waals surface area contributed by atoms with Gasteiger partial charge in [0.15, 0.2) is 0 Å². The molecule has 1 unspecified atom stereocenters. The molecule has 0 aliphatic heterocycles. The van der Waals surface area contributed by atoms with E-state index in [9.17, 15) is 13.2 Å². The SMILES string of the molecule is COc1ccc(S(=O)(=O)Nc2ccc(C(=O)NC(C)c3ccccc3C)cc2C)cc1. The minimum absolute atomic E-state index is 0.126. The first kappa shape index (κ1) is 22.4. The molecule has 6 nitrogen and oxygen atoms in total. The van der Waals surface area contributed by atoms with Crippen LogP contribution in [0.3, 0.4) is 0 Å². The lowest BCUT2D eigenvalue weighted by Crippen LogP contribution is -2.27. The van der Waals surface area contributed by atoms with Crippen molar-refractivity contribution in [1.29, 1.82) is 0 Å². The molecule has 0 saturated heterocycles. The smallest absolute Gasteiger partial charge is 0.261 e. The van der Waals surface area contributed by atoms with E-state index in [1.807, 2.05) is 38.1 Å². The van der Waals surface area contributed by atoms with Crippen LogP contribution in [0.25, 0.3) is 0 Å². The molecule has 0 aliphatic rings. The summed E-state index contributed by atoms with van der Waals surface area (Å²) in [6.07, 6.45) is 0. The van der Waals surface area contributed by atoms with E-state index in [1.165, 1.54) is 19.2 Å². The third-order valence-corrected chi connectivity index (χ3v) is 6.49. The van der Waals surface area contributed by atoms with Crippen molar-refractivity contribution >= 4 is 21.6 Å². The average Bonchev–Trinajstić information content (AvgIpc) is 2.75. The molecule has 0 bridgehead atoms. The second kappa shape index (κ2) is 9.22. The summed E-state index contributed by atoms with van der Waals surface area (Å²) in [6.45, 7) is 5.70. The molecule has 162 valence electrons. The zero-order chi connectivity index (χ0) is 22.6. The summed E-state index contributed by atoms with van der Waals surface area (Å²) in [6, 6.07) is 18.8. The highest BCUT2D eigenvalue weighted by atomic mass is 32.2. The van der Waals surface area contributed by atoms with Gasteiger partial charge in [0.25, 0.3) is 15.9 Å². The number of carbonyl (C=O) groups is 1. The molecule has 0 aliphatic carbocycles. The van der Waals surface area contributed by atoms with Crippen LogP contribution >= 0.6 is 0 Å². The number of anilines is 1. The lowest BCUT2D eigenvalue weighted by molar-refractivity contribution is 0.0939. The topological polar surface area (TPSA) is 84.5 Å². The molecule has 1 atom stereocenters. The molecule has 1 amide bonds. The van der Waals surface area contributed by atoms with Crippen LogP contribution in [0.2, 0.25) is 0 Å². The van der Waals surface area contributed by atoms with E-state index in [0.717, 1.165) is 11.1 Å². The number of nitrogens with one attached hydrogen (secondary N) is 2. The number of amides is 1. The molecule has 0 spiro atoms. The number of ether oxygens (including phenoxy) is 1. The van der Waals surface area contributed by atoms with Crippen LogP contribution in [-0.2, 0) is 10.0 Å². The minimum atomic E-state index is -3.76. The fraction of sp³-hybridized carbons (Fsp3) is 0.208. The Labute approximate surface area is 183 Å². The van der Waals surface area contributed by atoms with Crippen molar-refractivity contribution in [3.8, 4) is 5.75 Å². The summed E-state index contributed by atoms with van der Waals surface area (Å²) in [7, 11) is -2.24. The number of benzene rings is 3. The van der Waals surface area contributed by atoms with Crippen LogP contribution in [0, 0.1) is 13.8 Å². The molecule has 3 aromatic carbocycles. The summed E-state index contributed by atoms with van der Waals surface area (Å²) in [5.74, 6) is 0.355. The molecule has 2 N–H and O–H groups in total. The van der Waals surface area contributed by atoms with Gasteiger partial charge in [0.1, 0.15) is 5.75 Å². The summed E-state index contributed by atoms with van der Waals surface area (Å²) in [5.41, 5.74) is 3.68. The number of hydrogen-bond acceptors (Lipinski definition) is 4. The fourth-order valence-corrected chi connectivity index (χ4v) is 4.44. The van der Waals surface area contributed by atoms with Gasteiger partial charge in [-0.05, 0) is 79.9 Å². The Morgan fingerprint density at radius 3 is 2.23 bits per heavy atom. The number of carbonyl (C=O) groups excluding carboxylic acids is 1. The van der Waals surface area contributed by atoms with E-state index in [-0.39, 0.29) is 16.8 Å². The van der Waals surface area contributed by atoms with E-state index in [2.05, 4.69) is 10.0 Å². The predicted molar refractivity (Wildman–Crippen MR) is 122 cm³/mol. The highest BCUT2D eigenvalue weighted by Crippen LogP contribution is 2.23. The van der Waals surface area contributed by atoms with Gasteiger partial charge in [0.05, 0.1) is 23.7 Å². The first-order valence-corrected chi connectivity index (χ1v) is 11.3. The van der Waals surface area contributed by atoms with Crippen molar-refractivity contribution in [1.82, 2.24) is 5.32 Å². The molecule has 3 rings (SSSR count). The Balaban J connectivity index is 1.74. The summed E-state index contributed by atoms with van der Waals surface area (Å²) < 4.78 is 33.0. The second-order valence-electron chi connectivity index (χ2n) is 7.36. The van der Waals surface area contributed by atoms with Gasteiger partial charge in [0.2, 0.25) is 0 Å². The zero-order valence-corrected chi connectivity index (χ0v) is 18.8. The van der Waals surface area contributed by atoms with Gasteiger partial charge in [-0.15, -0.1) is 0 Å². The number of aryl methyl sites for hydroxylation is 2. The van der Waals surface area contributed by atoms with Gasteiger partial charge < -0.3 is 10.1 Å². The van der Waals surface area contributed by atoms with Gasteiger partial charge >= 0.3 is 0 Å². The fourth-order valence-electron chi connectivity index (χ4n) is 3.31. The molecular weight excluding hydrogens is 412 g/mol. The van der Waals surface area contributed by atoms with Gasteiger partial charge in [-0.1, -0.05) is 24.3 Å². The van der Waals surface area contributed by atoms with Crippen molar-refractivity contribution in [2.45, 2.75) is 31.7 Å². The van der Waals surface area contributed by atoms with E-state index in [1.54, 1.807) is 37.3 Å². The standard InChI is InChI=1S/C24H26N2O4S/c1-16-7-5-6-8-22(16)18(3)25-24(27)19-9-14-23(17(2)15-19)26-31(28,29)21-12-10-20(30-4)11-13-21/h5-15,18,26H,1-4H3,(H,25,27). The maximum Gasteiger partial charge on any atom is 0.261 e. The van der Waals surface area contributed by atoms with Gasteiger partial charge in [-0.3, -0.25) is 9.52 Å². The number of sulfonamides is 1. The Hall–Kier alpha value is -3.32. The molecule has 0 heterocycles. The lowest BCUT2D eigenvalue weighted by Gasteiger charge is -2.17. The number of rotatable bonds is 7. The Bertz CT molecular complexity index is 1190. The van der Waals surface area contributed by atoms with Crippen LogP contribution in [0.15, 0.2) is 71.6 Å². The van der Waals surface area contributed by atoms with Crippen LogP contribution in [-0.4, -0.2) is 21.4 Å². The molecule has 0 aromatic heterocycles. The monoisotopic (exact) mass is 438 g/mol. The zero-order valence-electron chi connectivity index (χ0n) is 18.0. The van der Waals surface area contributed by atoms with Crippen LogP contribution in [0.1, 0.15) is 40.0 Å². The Kier molecular flexibility index (Phi) is 6.65. The molecular formula is C24H26N2O4S. The maximum atomic E-state index is 12.7. The second-order valence-corrected chi connectivity index (χ2v) is 9.04. The van der Waals surface area contributed by atoms with E-state index in [0.29, 0.717) is 22.6 Å². The highest BCUT2D eigenvalue weighted by molar-refractivity contribution is 7.92. The van der Waals surface area contributed by atoms with Gasteiger partial charge in [-0.2, -0.15) is 0 Å². The predicted octanol–water partition coefficient (Wildman–Crippen LogP) is 4.60. The average molecular weight is 439 g/mol. The Morgan fingerprint density at radius 1 is 0.935 bits per heavy atom. The number of methoxy groups -OCH3 is 1. The Morgan fingerprint density at radius 2 is 1.61 bits per heavy atom. The normalized spacial score (nSPS) is 12.1. The van der Waals surface area contributed by atoms with E-state index < -0.39 is 10.0 Å².